The minimum absolute atomic E-state index is 0.506. The second-order valence-electron chi connectivity index (χ2n) is 5.80. The van der Waals surface area contributed by atoms with Crippen LogP contribution in [0.3, 0.4) is 0 Å². The monoisotopic (exact) mass is 287 g/mol. The molecule has 1 fully saturated rings. The van der Waals surface area contributed by atoms with Gasteiger partial charge in [-0.3, -0.25) is 4.98 Å². The highest BCUT2D eigenvalue weighted by Gasteiger charge is 2.45. The fraction of sp³-hybridized carbons (Fsp3) is 1.00. The summed E-state index contributed by atoms with van der Waals surface area (Å²) in [7, 11) is -2.26. The highest BCUT2D eigenvalue weighted by atomic mass is 28.4. The second-order valence-corrected chi connectivity index (χ2v) is 8.99. The topological polar surface area (TPSA) is 30.5 Å². The Kier molecular flexibility index (Phi) is 8.22. The molecule has 0 aromatic carbocycles. The van der Waals surface area contributed by atoms with Gasteiger partial charge < -0.3 is 8.85 Å². The van der Waals surface area contributed by atoms with Crippen molar-refractivity contribution in [2.45, 2.75) is 84.2 Å². The summed E-state index contributed by atoms with van der Waals surface area (Å²) in [6, 6.07) is 0.620. The molecular formula is C15H33NO2Si. The average molecular weight is 288 g/mol. The molecule has 0 aromatic rings. The summed E-state index contributed by atoms with van der Waals surface area (Å²) in [5.74, 6) is 0. The molecule has 1 aliphatic carbocycles. The van der Waals surface area contributed by atoms with Crippen LogP contribution >= 0.6 is 0 Å². The van der Waals surface area contributed by atoms with Crippen molar-refractivity contribution in [3.05, 3.63) is 0 Å². The molecular weight excluding hydrogens is 254 g/mol. The first-order valence-electron chi connectivity index (χ1n) is 8.24. The van der Waals surface area contributed by atoms with Gasteiger partial charge in [0, 0.05) is 24.8 Å². The maximum absolute atomic E-state index is 6.30. The molecule has 1 aliphatic rings. The lowest BCUT2D eigenvalue weighted by Crippen LogP contribution is -2.62. The van der Waals surface area contributed by atoms with Crippen molar-refractivity contribution in [3.8, 4) is 0 Å². The zero-order chi connectivity index (χ0) is 14.1. The molecule has 3 nitrogen and oxygen atoms in total. The van der Waals surface area contributed by atoms with Gasteiger partial charge in [-0.1, -0.05) is 47.0 Å². The van der Waals surface area contributed by atoms with Crippen LogP contribution in [-0.4, -0.2) is 28.0 Å². The third-order valence-corrected chi connectivity index (χ3v) is 7.85. The fourth-order valence-electron chi connectivity index (χ4n) is 2.68. The zero-order valence-corrected chi connectivity index (χ0v) is 14.3. The smallest absolute Gasteiger partial charge is 0.383 e. The van der Waals surface area contributed by atoms with Crippen LogP contribution in [-0.2, 0) is 8.85 Å². The van der Waals surface area contributed by atoms with Gasteiger partial charge in [-0.2, -0.15) is 0 Å². The summed E-state index contributed by atoms with van der Waals surface area (Å²) in [6.45, 7) is 10.5. The molecule has 0 aromatic heterocycles. The molecule has 1 saturated carbocycles. The second kappa shape index (κ2) is 9.11. The molecule has 114 valence electrons. The van der Waals surface area contributed by atoms with Crippen LogP contribution in [0.15, 0.2) is 0 Å². The van der Waals surface area contributed by atoms with E-state index in [0.717, 1.165) is 32.5 Å². The maximum atomic E-state index is 6.30. The molecule has 0 amide bonds. The van der Waals surface area contributed by atoms with Crippen molar-refractivity contribution in [3.63, 3.8) is 0 Å². The van der Waals surface area contributed by atoms with Crippen molar-refractivity contribution in [1.29, 1.82) is 0 Å². The highest BCUT2D eigenvalue weighted by Crippen LogP contribution is 2.29. The van der Waals surface area contributed by atoms with Gasteiger partial charge in [0.25, 0.3) is 0 Å². The van der Waals surface area contributed by atoms with Gasteiger partial charge in [0.2, 0.25) is 0 Å². The lowest BCUT2D eigenvalue weighted by molar-refractivity contribution is 0.142. The van der Waals surface area contributed by atoms with Gasteiger partial charge in [0.05, 0.1) is 0 Å². The van der Waals surface area contributed by atoms with Gasteiger partial charge in [0.1, 0.15) is 0 Å². The predicted molar refractivity (Wildman–Crippen MR) is 83.3 cm³/mol. The molecule has 0 saturated heterocycles. The van der Waals surface area contributed by atoms with Crippen LogP contribution in [0, 0.1) is 0 Å². The van der Waals surface area contributed by atoms with Crippen LogP contribution in [0.5, 0.6) is 0 Å². The van der Waals surface area contributed by atoms with Crippen molar-refractivity contribution < 1.29 is 8.85 Å². The largest absolute Gasteiger partial charge is 0.428 e. The Balaban J connectivity index is 2.73. The van der Waals surface area contributed by atoms with Gasteiger partial charge in [-0.05, 0) is 25.7 Å². The summed E-state index contributed by atoms with van der Waals surface area (Å²) in [4.78, 5) is 3.84. The van der Waals surface area contributed by atoms with E-state index >= 15 is 0 Å². The standard InChI is InChI=1S/C15H33NO2Si/c1-5-12-17-19(14(4)7-3,18-13-6-2)16-15-10-8-9-11-15/h14-16H,5-13H2,1-4H3. The molecule has 1 rings (SSSR count). The first-order valence-corrected chi connectivity index (χ1v) is 10.1. The van der Waals surface area contributed by atoms with E-state index in [4.69, 9.17) is 8.85 Å². The molecule has 1 atom stereocenters. The molecule has 4 heteroatoms. The molecule has 0 aliphatic heterocycles. The van der Waals surface area contributed by atoms with E-state index in [1.807, 2.05) is 0 Å². The lowest BCUT2D eigenvalue weighted by Gasteiger charge is -2.37. The summed E-state index contributed by atoms with van der Waals surface area (Å²) < 4.78 is 12.6. The Hall–Kier alpha value is 0.0969. The normalized spacial score (nSPS) is 18.9. The lowest BCUT2D eigenvalue weighted by atomic mass is 10.3. The van der Waals surface area contributed by atoms with Crippen molar-refractivity contribution in [2.24, 2.45) is 0 Å². The molecule has 1 unspecified atom stereocenters. The predicted octanol–water partition coefficient (Wildman–Crippen LogP) is 4.11. The Bertz CT molecular complexity index is 224. The van der Waals surface area contributed by atoms with E-state index in [9.17, 15) is 0 Å². The van der Waals surface area contributed by atoms with Crippen molar-refractivity contribution in [1.82, 2.24) is 4.98 Å². The van der Waals surface area contributed by atoms with Crippen LogP contribution in [0.2, 0.25) is 5.54 Å². The van der Waals surface area contributed by atoms with Gasteiger partial charge >= 0.3 is 8.72 Å². The van der Waals surface area contributed by atoms with Crippen molar-refractivity contribution in [2.75, 3.05) is 13.2 Å². The average Bonchev–Trinajstić information content (AvgIpc) is 2.93. The van der Waals surface area contributed by atoms with E-state index in [2.05, 4.69) is 32.7 Å². The molecule has 0 spiro atoms. The van der Waals surface area contributed by atoms with E-state index in [1.54, 1.807) is 0 Å². The summed E-state index contributed by atoms with van der Waals surface area (Å²) in [5.41, 5.74) is 0.506. The van der Waals surface area contributed by atoms with Gasteiger partial charge in [-0.15, -0.1) is 0 Å². The Morgan fingerprint density at radius 1 is 1.05 bits per heavy atom. The number of hydrogen-bond donors (Lipinski definition) is 1. The third-order valence-electron chi connectivity index (χ3n) is 4.06. The summed E-state index contributed by atoms with van der Waals surface area (Å²) in [5, 5.41) is 0. The fourth-order valence-corrected chi connectivity index (χ4v) is 6.20. The minimum atomic E-state index is -2.26. The first kappa shape index (κ1) is 17.1. The quantitative estimate of drug-likeness (QED) is 0.613. The summed E-state index contributed by atoms with van der Waals surface area (Å²) in [6.07, 6.45) is 8.53. The van der Waals surface area contributed by atoms with Crippen molar-refractivity contribution >= 4 is 8.72 Å². The highest BCUT2D eigenvalue weighted by molar-refractivity contribution is 6.66. The van der Waals surface area contributed by atoms with Gasteiger partial charge in [-0.25, -0.2) is 0 Å². The Morgan fingerprint density at radius 2 is 1.58 bits per heavy atom. The Labute approximate surface area is 120 Å². The molecule has 0 bridgehead atoms. The zero-order valence-electron chi connectivity index (χ0n) is 13.3. The van der Waals surface area contributed by atoms with E-state index in [1.165, 1.54) is 25.7 Å². The first-order chi connectivity index (χ1) is 9.18. The summed E-state index contributed by atoms with van der Waals surface area (Å²) >= 11 is 0. The van der Waals surface area contributed by atoms with E-state index in [-0.39, 0.29) is 0 Å². The van der Waals surface area contributed by atoms with Gasteiger partial charge in [0.15, 0.2) is 0 Å². The number of rotatable bonds is 10. The maximum Gasteiger partial charge on any atom is 0.428 e. The van der Waals surface area contributed by atoms with Crippen LogP contribution in [0.25, 0.3) is 0 Å². The van der Waals surface area contributed by atoms with Crippen LogP contribution in [0.1, 0.15) is 72.6 Å². The van der Waals surface area contributed by atoms with Crippen LogP contribution in [0.4, 0.5) is 0 Å². The molecule has 1 N–H and O–H groups in total. The minimum Gasteiger partial charge on any atom is -0.383 e. The number of nitrogens with one attached hydrogen (secondary N) is 1. The molecule has 0 radical (unpaired) electrons. The SMILES string of the molecule is CCCO[Si](NC1CCCC1)(OCCC)C(C)CC. The van der Waals surface area contributed by atoms with E-state index in [0.29, 0.717) is 11.6 Å². The molecule has 0 heterocycles. The number of hydrogen-bond acceptors (Lipinski definition) is 3. The van der Waals surface area contributed by atoms with E-state index < -0.39 is 8.72 Å². The Morgan fingerprint density at radius 3 is 2.00 bits per heavy atom. The molecule has 19 heavy (non-hydrogen) atoms. The van der Waals surface area contributed by atoms with Crippen LogP contribution < -0.4 is 4.98 Å². The third kappa shape index (κ3) is 5.18.